The topological polar surface area (TPSA) is 27.7 Å². The summed E-state index contributed by atoms with van der Waals surface area (Å²) in [7, 11) is -0.0491. The molecule has 0 amide bonds. The number of aryl methyl sites for hydroxylation is 2. The third-order valence-corrected chi connectivity index (χ3v) is 5.83. The van der Waals surface area contributed by atoms with Crippen LogP contribution in [0.15, 0.2) is 36.4 Å². The molecule has 0 saturated carbocycles. The first kappa shape index (κ1) is 18.2. The van der Waals surface area contributed by atoms with Crippen LogP contribution in [0.5, 0.6) is 11.5 Å². The van der Waals surface area contributed by atoms with Crippen LogP contribution in [0, 0.1) is 26.2 Å². The third-order valence-electron chi connectivity index (χ3n) is 5.23. The van der Waals surface area contributed by atoms with Crippen LogP contribution in [0.2, 0.25) is 0 Å². The second-order valence-electron chi connectivity index (χ2n) is 7.07. The van der Waals surface area contributed by atoms with Crippen LogP contribution in [0.4, 0.5) is 0 Å². The van der Waals surface area contributed by atoms with Gasteiger partial charge in [-0.2, -0.15) is 0 Å². The average molecular weight is 358 g/mol. The van der Waals surface area contributed by atoms with Crippen molar-refractivity contribution in [3.05, 3.63) is 58.7 Å². The van der Waals surface area contributed by atoms with E-state index in [0.29, 0.717) is 5.41 Å². The summed E-state index contributed by atoms with van der Waals surface area (Å²) in [6.45, 7) is 10.5. The summed E-state index contributed by atoms with van der Waals surface area (Å²) in [5.41, 5.74) is 5.44. The zero-order valence-corrected chi connectivity index (χ0v) is 16.5. The number of hydrogen-bond donors (Lipinski definition) is 0. The zero-order valence-electron chi connectivity index (χ0n) is 15.5. The Morgan fingerprint density at radius 1 is 1.04 bits per heavy atom. The van der Waals surface area contributed by atoms with Gasteiger partial charge in [0.25, 0.3) is 9.03 Å². The first-order chi connectivity index (χ1) is 12.0. The van der Waals surface area contributed by atoms with Gasteiger partial charge in [-0.25, -0.2) is 0 Å². The smallest absolute Gasteiger partial charge is 0.275 e. The second-order valence-corrected chi connectivity index (χ2v) is 7.64. The monoisotopic (exact) mass is 358 g/mol. The molecule has 25 heavy (non-hydrogen) atoms. The van der Waals surface area contributed by atoms with E-state index in [-0.39, 0.29) is 9.03 Å². The summed E-state index contributed by atoms with van der Waals surface area (Å²) >= 11 is 0. The molecule has 1 atom stereocenters. The number of hydrogen-bond acceptors (Lipinski definition) is 3. The molecule has 1 aliphatic rings. The van der Waals surface area contributed by atoms with Crippen LogP contribution < -0.4 is 9.05 Å². The fourth-order valence-corrected chi connectivity index (χ4v) is 4.10. The fraction of sp³-hybridized carbons (Fsp3) is 0.429. The highest BCUT2D eigenvalue weighted by Gasteiger charge is 2.37. The Bertz CT molecular complexity index is 718. The van der Waals surface area contributed by atoms with Crippen LogP contribution in [0.25, 0.3) is 0 Å². The highest BCUT2D eigenvalue weighted by atomic mass is 31.1. The van der Waals surface area contributed by atoms with Gasteiger partial charge in [0.2, 0.25) is 0 Å². The van der Waals surface area contributed by atoms with Crippen molar-refractivity contribution in [2.75, 3.05) is 13.2 Å². The summed E-state index contributed by atoms with van der Waals surface area (Å²) in [5.74, 6) is 1.79. The molecule has 0 N–H and O–H groups in total. The molecule has 0 aliphatic carbocycles. The van der Waals surface area contributed by atoms with E-state index < -0.39 is 0 Å². The van der Waals surface area contributed by atoms with E-state index in [0.717, 1.165) is 37.6 Å². The molecule has 1 unspecified atom stereocenters. The van der Waals surface area contributed by atoms with Crippen molar-refractivity contribution in [1.29, 1.82) is 0 Å². The Morgan fingerprint density at radius 2 is 1.76 bits per heavy atom. The maximum Gasteiger partial charge on any atom is 0.275 e. The second kappa shape index (κ2) is 7.76. The molecule has 4 heteroatoms. The van der Waals surface area contributed by atoms with E-state index in [1.54, 1.807) is 0 Å². The fourth-order valence-electron chi connectivity index (χ4n) is 3.43. The van der Waals surface area contributed by atoms with Crippen molar-refractivity contribution in [2.45, 2.75) is 40.5 Å². The Balaban J connectivity index is 1.76. The van der Waals surface area contributed by atoms with Gasteiger partial charge in [-0.15, -0.1) is 0 Å². The van der Waals surface area contributed by atoms with E-state index in [9.17, 15) is 0 Å². The minimum absolute atomic E-state index is 0.0491. The van der Waals surface area contributed by atoms with Gasteiger partial charge in [0, 0.05) is 5.41 Å². The Kier molecular flexibility index (Phi) is 5.66. The number of ether oxygens (including phenoxy) is 1. The predicted molar refractivity (Wildman–Crippen MR) is 104 cm³/mol. The van der Waals surface area contributed by atoms with E-state index in [2.05, 4.69) is 33.8 Å². The summed E-state index contributed by atoms with van der Waals surface area (Å²) in [6.07, 6.45) is 2.20. The predicted octanol–water partition coefficient (Wildman–Crippen LogP) is 5.55. The van der Waals surface area contributed by atoms with Gasteiger partial charge in [0.15, 0.2) is 0 Å². The van der Waals surface area contributed by atoms with E-state index in [4.69, 9.17) is 13.8 Å². The molecule has 2 aromatic carbocycles. The van der Waals surface area contributed by atoms with Gasteiger partial charge in [-0.3, -0.25) is 0 Å². The van der Waals surface area contributed by atoms with Crippen molar-refractivity contribution < 1.29 is 13.8 Å². The first-order valence-electron chi connectivity index (χ1n) is 8.86. The van der Waals surface area contributed by atoms with Gasteiger partial charge < -0.3 is 13.8 Å². The molecule has 2 aromatic rings. The standard InChI is InChI=1S/C21H27O3P/c1-5-21(13-22-14-21)12-19-15(2)11-16(3)20(17(19)4)24-25-23-18-9-7-6-8-10-18/h6-11,25H,5,12-14H2,1-4H3. The molecular formula is C21H27O3P. The number of rotatable bonds is 7. The van der Waals surface area contributed by atoms with Gasteiger partial charge in [-0.1, -0.05) is 31.2 Å². The van der Waals surface area contributed by atoms with Crippen LogP contribution in [0.1, 0.15) is 35.6 Å². The lowest BCUT2D eigenvalue weighted by Gasteiger charge is -2.41. The van der Waals surface area contributed by atoms with Crippen molar-refractivity contribution in [3.63, 3.8) is 0 Å². The van der Waals surface area contributed by atoms with E-state index in [1.165, 1.54) is 22.3 Å². The summed E-state index contributed by atoms with van der Waals surface area (Å²) in [6, 6.07) is 12.0. The third kappa shape index (κ3) is 3.99. The molecule has 3 nitrogen and oxygen atoms in total. The average Bonchev–Trinajstić information content (AvgIpc) is 2.57. The van der Waals surface area contributed by atoms with Gasteiger partial charge in [-0.05, 0) is 68.0 Å². The van der Waals surface area contributed by atoms with Crippen LogP contribution in [0.3, 0.4) is 0 Å². The van der Waals surface area contributed by atoms with Crippen LogP contribution >= 0.6 is 9.03 Å². The number of para-hydroxylation sites is 1. The molecule has 1 saturated heterocycles. The van der Waals surface area contributed by atoms with Crippen molar-refractivity contribution in [3.8, 4) is 11.5 Å². The van der Waals surface area contributed by atoms with Crippen molar-refractivity contribution >= 4 is 9.03 Å². The number of benzene rings is 2. The molecule has 0 bridgehead atoms. The Morgan fingerprint density at radius 3 is 2.36 bits per heavy atom. The lowest BCUT2D eigenvalue weighted by Crippen LogP contribution is -2.44. The highest BCUT2D eigenvalue weighted by Crippen LogP contribution is 2.40. The molecular weight excluding hydrogens is 331 g/mol. The van der Waals surface area contributed by atoms with Gasteiger partial charge >= 0.3 is 0 Å². The molecule has 134 valence electrons. The maximum atomic E-state index is 6.04. The zero-order chi connectivity index (χ0) is 17.9. The van der Waals surface area contributed by atoms with Gasteiger partial charge in [0.1, 0.15) is 11.5 Å². The Labute approximate surface area is 152 Å². The minimum atomic E-state index is -0.0491. The van der Waals surface area contributed by atoms with E-state index in [1.807, 2.05) is 30.3 Å². The molecule has 0 spiro atoms. The summed E-state index contributed by atoms with van der Waals surface area (Å²) in [4.78, 5) is 0. The summed E-state index contributed by atoms with van der Waals surface area (Å²) in [5, 5.41) is 0. The minimum Gasteiger partial charge on any atom is -0.441 e. The molecule has 1 aliphatic heterocycles. The largest absolute Gasteiger partial charge is 0.441 e. The first-order valence-corrected chi connectivity index (χ1v) is 9.67. The van der Waals surface area contributed by atoms with Crippen molar-refractivity contribution in [2.24, 2.45) is 5.41 Å². The lowest BCUT2D eigenvalue weighted by molar-refractivity contribution is -0.114. The lowest BCUT2D eigenvalue weighted by atomic mass is 9.75. The van der Waals surface area contributed by atoms with Crippen LogP contribution in [-0.4, -0.2) is 13.2 Å². The molecule has 3 rings (SSSR count). The van der Waals surface area contributed by atoms with Gasteiger partial charge in [0.05, 0.1) is 13.2 Å². The maximum absolute atomic E-state index is 6.04. The molecule has 0 radical (unpaired) electrons. The normalized spacial score (nSPS) is 16.0. The molecule has 1 fully saturated rings. The summed E-state index contributed by atoms with van der Waals surface area (Å²) < 4.78 is 17.3. The van der Waals surface area contributed by atoms with Crippen LogP contribution in [-0.2, 0) is 11.2 Å². The quantitative estimate of drug-likeness (QED) is 0.608. The molecule has 0 aromatic heterocycles. The van der Waals surface area contributed by atoms with E-state index >= 15 is 0 Å². The Hall–Kier alpha value is -1.57. The highest BCUT2D eigenvalue weighted by molar-refractivity contribution is 7.27. The SMILES string of the molecule is CCC1(Cc2c(C)cc(C)c(OPOc3ccccc3)c2C)COC1. The molecule has 1 heterocycles. The van der Waals surface area contributed by atoms with Crippen molar-refractivity contribution in [1.82, 2.24) is 0 Å².